The molecule has 1 amide bonds. The minimum atomic E-state index is -0.0780. The second-order valence-electron chi connectivity index (χ2n) is 6.11. The van der Waals surface area contributed by atoms with Gasteiger partial charge in [0.1, 0.15) is 0 Å². The number of para-hydroxylation sites is 1. The van der Waals surface area contributed by atoms with Gasteiger partial charge in [-0.2, -0.15) is 0 Å². The molecule has 0 bridgehead atoms. The molecule has 0 spiro atoms. The molecule has 3 aromatic rings. The Kier molecular flexibility index (Phi) is 5.27. The van der Waals surface area contributed by atoms with Gasteiger partial charge in [0.25, 0.3) is 0 Å². The van der Waals surface area contributed by atoms with E-state index in [2.05, 4.69) is 15.5 Å². The van der Waals surface area contributed by atoms with E-state index in [9.17, 15) is 4.79 Å². The Labute approximate surface area is 156 Å². The van der Waals surface area contributed by atoms with Crippen LogP contribution in [-0.2, 0) is 11.8 Å². The maximum atomic E-state index is 12.3. The molecule has 26 heavy (non-hydrogen) atoms. The normalized spacial score (nSPS) is 10.7. The third-order valence-corrected chi connectivity index (χ3v) is 5.05. The number of benzene rings is 2. The second kappa shape index (κ2) is 7.61. The number of aryl methyl sites for hydroxylation is 2. The van der Waals surface area contributed by atoms with E-state index in [1.165, 1.54) is 17.3 Å². The van der Waals surface area contributed by atoms with Crippen molar-refractivity contribution in [3.05, 3.63) is 53.6 Å². The van der Waals surface area contributed by atoms with Crippen LogP contribution in [0.25, 0.3) is 11.4 Å². The van der Waals surface area contributed by atoms with Gasteiger partial charge in [-0.1, -0.05) is 41.6 Å². The molecule has 1 heterocycles. The first-order valence-electron chi connectivity index (χ1n) is 8.20. The minimum absolute atomic E-state index is 0.0780. The summed E-state index contributed by atoms with van der Waals surface area (Å²) >= 11 is 1.34. The summed E-state index contributed by atoms with van der Waals surface area (Å²) in [4.78, 5) is 12.3. The predicted molar refractivity (Wildman–Crippen MR) is 106 cm³/mol. The summed E-state index contributed by atoms with van der Waals surface area (Å²) < 4.78 is 1.85. The highest BCUT2D eigenvalue weighted by Gasteiger charge is 2.14. The first kappa shape index (κ1) is 18.0. The average molecular weight is 367 g/mol. The molecule has 3 N–H and O–H groups in total. The standard InChI is InChI=1S/C19H21N5OS/c1-12-8-9-16(13(2)10-12)21-17(25)11-26-19-23-22-18(24(19)3)14-6-4-5-7-15(14)20/h4-10H,11,20H2,1-3H3,(H,21,25). The zero-order chi connectivity index (χ0) is 18.7. The Hall–Kier alpha value is -2.80. The fraction of sp³-hybridized carbons (Fsp3) is 0.211. The lowest BCUT2D eigenvalue weighted by molar-refractivity contribution is -0.113. The molecule has 0 saturated carbocycles. The summed E-state index contributed by atoms with van der Waals surface area (Å²) in [5.41, 5.74) is 10.5. The van der Waals surface area contributed by atoms with Crippen LogP contribution < -0.4 is 11.1 Å². The highest BCUT2D eigenvalue weighted by molar-refractivity contribution is 7.99. The molecule has 3 rings (SSSR count). The number of nitrogens with zero attached hydrogens (tertiary/aromatic N) is 3. The number of carbonyl (C=O) groups excluding carboxylic acids is 1. The number of aromatic nitrogens is 3. The van der Waals surface area contributed by atoms with E-state index in [0.29, 0.717) is 16.7 Å². The van der Waals surface area contributed by atoms with Crippen molar-refractivity contribution in [2.75, 3.05) is 16.8 Å². The minimum Gasteiger partial charge on any atom is -0.398 e. The summed E-state index contributed by atoms with van der Waals surface area (Å²) in [6.45, 7) is 4.01. The Morgan fingerprint density at radius 2 is 1.96 bits per heavy atom. The van der Waals surface area contributed by atoms with Gasteiger partial charge in [0.2, 0.25) is 5.91 Å². The quantitative estimate of drug-likeness (QED) is 0.533. The first-order valence-corrected chi connectivity index (χ1v) is 9.18. The molecule has 2 aromatic carbocycles. The molecule has 0 aliphatic rings. The number of anilines is 2. The van der Waals surface area contributed by atoms with Gasteiger partial charge in [0.15, 0.2) is 11.0 Å². The van der Waals surface area contributed by atoms with Crippen molar-refractivity contribution >= 4 is 29.0 Å². The van der Waals surface area contributed by atoms with Crippen molar-refractivity contribution in [2.24, 2.45) is 7.05 Å². The first-order chi connectivity index (χ1) is 12.5. The van der Waals surface area contributed by atoms with E-state index in [0.717, 1.165) is 16.8 Å². The highest BCUT2D eigenvalue weighted by atomic mass is 32.2. The summed E-state index contributed by atoms with van der Waals surface area (Å²) in [6.07, 6.45) is 0. The van der Waals surface area contributed by atoms with E-state index in [1.54, 1.807) is 0 Å². The topological polar surface area (TPSA) is 85.8 Å². The van der Waals surface area contributed by atoms with Crippen molar-refractivity contribution in [2.45, 2.75) is 19.0 Å². The zero-order valence-electron chi connectivity index (χ0n) is 15.0. The lowest BCUT2D eigenvalue weighted by atomic mass is 10.1. The smallest absolute Gasteiger partial charge is 0.234 e. The average Bonchev–Trinajstić information content (AvgIpc) is 2.97. The van der Waals surface area contributed by atoms with Gasteiger partial charge >= 0.3 is 0 Å². The molecule has 0 fully saturated rings. The van der Waals surface area contributed by atoms with E-state index in [1.807, 2.05) is 67.9 Å². The van der Waals surface area contributed by atoms with Crippen LogP contribution in [0, 0.1) is 13.8 Å². The number of nitrogen functional groups attached to an aromatic ring is 1. The van der Waals surface area contributed by atoms with Crippen LogP contribution >= 0.6 is 11.8 Å². The number of rotatable bonds is 5. The number of amides is 1. The molecule has 1 aromatic heterocycles. The van der Waals surface area contributed by atoms with Crippen LogP contribution in [0.15, 0.2) is 47.6 Å². The van der Waals surface area contributed by atoms with Gasteiger partial charge in [-0.05, 0) is 37.6 Å². The van der Waals surface area contributed by atoms with E-state index < -0.39 is 0 Å². The van der Waals surface area contributed by atoms with Crippen molar-refractivity contribution in [3.63, 3.8) is 0 Å². The molecule has 0 aliphatic heterocycles. The summed E-state index contributed by atoms with van der Waals surface area (Å²) in [6, 6.07) is 13.5. The molecule has 134 valence electrons. The largest absolute Gasteiger partial charge is 0.398 e. The zero-order valence-corrected chi connectivity index (χ0v) is 15.8. The summed E-state index contributed by atoms with van der Waals surface area (Å²) in [7, 11) is 1.87. The van der Waals surface area contributed by atoms with Crippen LogP contribution in [0.3, 0.4) is 0 Å². The van der Waals surface area contributed by atoms with Gasteiger partial charge in [0, 0.05) is 24.0 Å². The molecule has 0 unspecified atom stereocenters. The van der Waals surface area contributed by atoms with E-state index in [4.69, 9.17) is 5.73 Å². The molecule has 0 saturated heterocycles. The summed E-state index contributed by atoms with van der Waals surface area (Å²) in [5, 5.41) is 12.0. The van der Waals surface area contributed by atoms with Crippen molar-refractivity contribution in [3.8, 4) is 11.4 Å². The van der Waals surface area contributed by atoms with Gasteiger partial charge < -0.3 is 15.6 Å². The SMILES string of the molecule is Cc1ccc(NC(=O)CSc2nnc(-c3ccccc3N)n2C)c(C)c1. The fourth-order valence-corrected chi connectivity index (χ4v) is 3.36. The van der Waals surface area contributed by atoms with Gasteiger partial charge in [-0.15, -0.1) is 10.2 Å². The number of hydrogen-bond donors (Lipinski definition) is 2. The number of nitrogens with one attached hydrogen (secondary N) is 1. The summed E-state index contributed by atoms with van der Waals surface area (Å²) in [5.74, 6) is 0.856. The number of hydrogen-bond acceptors (Lipinski definition) is 5. The lowest BCUT2D eigenvalue weighted by Crippen LogP contribution is -2.15. The Morgan fingerprint density at radius 1 is 1.19 bits per heavy atom. The van der Waals surface area contributed by atoms with E-state index >= 15 is 0 Å². The monoisotopic (exact) mass is 367 g/mol. The Balaban J connectivity index is 1.67. The van der Waals surface area contributed by atoms with Crippen molar-refractivity contribution in [1.82, 2.24) is 14.8 Å². The Morgan fingerprint density at radius 3 is 2.69 bits per heavy atom. The second-order valence-corrected chi connectivity index (χ2v) is 7.05. The van der Waals surface area contributed by atoms with Gasteiger partial charge in [0.05, 0.1) is 5.75 Å². The van der Waals surface area contributed by atoms with Crippen LogP contribution in [0.1, 0.15) is 11.1 Å². The number of carbonyl (C=O) groups is 1. The highest BCUT2D eigenvalue weighted by Crippen LogP contribution is 2.26. The lowest BCUT2D eigenvalue weighted by Gasteiger charge is -2.09. The van der Waals surface area contributed by atoms with E-state index in [-0.39, 0.29) is 11.7 Å². The van der Waals surface area contributed by atoms with Crippen LogP contribution in [0.2, 0.25) is 0 Å². The molecule has 7 heteroatoms. The molecular formula is C19H21N5OS. The van der Waals surface area contributed by atoms with Crippen molar-refractivity contribution < 1.29 is 4.79 Å². The maximum Gasteiger partial charge on any atom is 0.234 e. The Bertz CT molecular complexity index is 951. The van der Waals surface area contributed by atoms with Gasteiger partial charge in [-0.3, -0.25) is 4.79 Å². The molecule has 0 radical (unpaired) electrons. The maximum absolute atomic E-state index is 12.3. The molecule has 0 aliphatic carbocycles. The molecule has 0 atom stereocenters. The van der Waals surface area contributed by atoms with Crippen LogP contribution in [-0.4, -0.2) is 26.4 Å². The third-order valence-electron chi connectivity index (χ3n) is 4.02. The van der Waals surface area contributed by atoms with Crippen LogP contribution in [0.5, 0.6) is 0 Å². The van der Waals surface area contributed by atoms with Crippen molar-refractivity contribution in [1.29, 1.82) is 0 Å². The predicted octanol–water partition coefficient (Wildman–Crippen LogP) is 3.41. The number of nitrogens with two attached hydrogens (primary N) is 1. The van der Waals surface area contributed by atoms with Crippen LogP contribution in [0.4, 0.5) is 11.4 Å². The van der Waals surface area contributed by atoms with Gasteiger partial charge in [-0.25, -0.2) is 0 Å². The molecule has 6 nitrogen and oxygen atoms in total. The number of thioether (sulfide) groups is 1. The fourth-order valence-electron chi connectivity index (χ4n) is 2.65. The third kappa shape index (κ3) is 3.88. The molecular weight excluding hydrogens is 346 g/mol.